The van der Waals surface area contributed by atoms with Crippen LogP contribution in [-0.4, -0.2) is 30.0 Å². The van der Waals surface area contributed by atoms with Crippen molar-refractivity contribution in [2.75, 3.05) is 6.26 Å². The maximum atomic E-state index is 13.3. The number of pyridine rings is 1. The fourth-order valence-electron chi connectivity index (χ4n) is 4.81. The Morgan fingerprint density at radius 2 is 2.00 bits per heavy atom. The Bertz CT molecular complexity index is 1410. The van der Waals surface area contributed by atoms with Crippen molar-refractivity contribution >= 4 is 31.8 Å². The lowest BCUT2D eigenvalue weighted by Crippen LogP contribution is -2.20. The van der Waals surface area contributed by atoms with Gasteiger partial charge >= 0.3 is 0 Å². The van der Waals surface area contributed by atoms with Gasteiger partial charge in [-0.25, -0.2) is 18.5 Å². The molecule has 0 spiro atoms. The van der Waals surface area contributed by atoms with Gasteiger partial charge in [-0.2, -0.15) is 5.26 Å². The van der Waals surface area contributed by atoms with Gasteiger partial charge in [-0.15, -0.1) is 0 Å². The van der Waals surface area contributed by atoms with Crippen LogP contribution in [0.1, 0.15) is 44.0 Å². The Hall–Kier alpha value is -3.18. The van der Waals surface area contributed by atoms with Crippen LogP contribution in [0.25, 0.3) is 22.1 Å². The van der Waals surface area contributed by atoms with E-state index in [9.17, 15) is 4.21 Å². The molecule has 5 rings (SSSR count). The number of hydrogen-bond donors (Lipinski definition) is 1. The molecule has 3 aromatic heterocycles. The molecule has 1 unspecified atom stereocenters. The monoisotopic (exact) mass is 446 g/mol. The van der Waals surface area contributed by atoms with Crippen LogP contribution in [0.3, 0.4) is 0 Å². The van der Waals surface area contributed by atoms with Gasteiger partial charge in [0.1, 0.15) is 23.5 Å². The van der Waals surface area contributed by atoms with E-state index in [2.05, 4.69) is 25.0 Å². The zero-order valence-corrected chi connectivity index (χ0v) is 18.9. The number of hydrogen-bond acceptors (Lipinski definition) is 5. The maximum Gasteiger partial charge on any atom is 0.139 e. The molecular weight excluding hydrogens is 420 g/mol. The van der Waals surface area contributed by atoms with E-state index in [4.69, 9.17) is 10.2 Å². The first kappa shape index (κ1) is 20.7. The van der Waals surface area contributed by atoms with E-state index in [0.717, 1.165) is 58.5 Å². The van der Waals surface area contributed by atoms with E-state index in [1.54, 1.807) is 12.5 Å². The minimum atomic E-state index is -2.53. The third-order valence-corrected chi connectivity index (χ3v) is 8.27. The first-order chi connectivity index (χ1) is 15.6. The Morgan fingerprint density at radius 1 is 1.22 bits per heavy atom. The standard InChI is InChI=1S/C24H26N6OS/c1-32(31,19-5-3-2-4-6-19)28-16-22-29-21-15-27-24-20(12-14-26-24)23(21)30(22)18-9-7-17(8-10-18)11-13-25/h2-6,12,14-15,17-18H,7-11,16H2,1H3,(H,26,27)/t17-,18-,32?. The summed E-state index contributed by atoms with van der Waals surface area (Å²) >= 11 is 0. The molecule has 0 aliphatic heterocycles. The van der Waals surface area contributed by atoms with Gasteiger partial charge in [-0.05, 0) is 49.8 Å². The third-order valence-electron chi connectivity index (χ3n) is 6.50. The van der Waals surface area contributed by atoms with Crippen LogP contribution in [0.15, 0.2) is 58.1 Å². The van der Waals surface area contributed by atoms with Crippen molar-refractivity contribution < 1.29 is 4.21 Å². The number of fused-ring (bicyclic) bond motifs is 3. The molecule has 4 aromatic rings. The van der Waals surface area contributed by atoms with E-state index in [1.165, 1.54) is 0 Å². The third kappa shape index (κ3) is 3.78. The largest absolute Gasteiger partial charge is 0.346 e. The Kier molecular flexibility index (Phi) is 5.43. The normalized spacial score (nSPS) is 20.8. The van der Waals surface area contributed by atoms with Crippen LogP contribution in [-0.2, 0) is 16.3 Å². The zero-order chi connectivity index (χ0) is 22.1. The van der Waals surface area contributed by atoms with Crippen LogP contribution in [0.4, 0.5) is 0 Å². The molecule has 164 valence electrons. The van der Waals surface area contributed by atoms with Crippen molar-refractivity contribution in [2.24, 2.45) is 10.3 Å². The molecule has 1 aliphatic rings. The lowest BCUT2D eigenvalue weighted by molar-refractivity contribution is 0.278. The Labute approximate surface area is 187 Å². The predicted octanol–water partition coefficient (Wildman–Crippen LogP) is 5.21. The number of aromatic amines is 1. The van der Waals surface area contributed by atoms with E-state index < -0.39 is 9.73 Å². The Balaban J connectivity index is 1.58. The maximum absolute atomic E-state index is 13.3. The van der Waals surface area contributed by atoms with Crippen molar-refractivity contribution in [1.29, 1.82) is 5.26 Å². The molecule has 0 amide bonds. The molecule has 0 bridgehead atoms. The van der Waals surface area contributed by atoms with Crippen molar-refractivity contribution in [1.82, 2.24) is 19.5 Å². The highest BCUT2D eigenvalue weighted by atomic mass is 32.2. The van der Waals surface area contributed by atoms with E-state index in [-0.39, 0.29) is 12.6 Å². The summed E-state index contributed by atoms with van der Waals surface area (Å²) in [6.45, 7) is 0.281. The van der Waals surface area contributed by atoms with E-state index in [0.29, 0.717) is 12.3 Å². The first-order valence-corrected chi connectivity index (χ1v) is 12.9. The van der Waals surface area contributed by atoms with Crippen molar-refractivity contribution in [2.45, 2.75) is 49.6 Å². The van der Waals surface area contributed by atoms with Crippen molar-refractivity contribution in [3.8, 4) is 6.07 Å². The summed E-state index contributed by atoms with van der Waals surface area (Å²) in [5.41, 5.74) is 2.74. The molecule has 7 nitrogen and oxygen atoms in total. The first-order valence-electron chi connectivity index (χ1n) is 11.0. The number of aromatic nitrogens is 4. The molecule has 8 heteroatoms. The number of rotatable bonds is 5. The van der Waals surface area contributed by atoms with Crippen molar-refractivity contribution in [3.05, 3.63) is 54.6 Å². The van der Waals surface area contributed by atoms with Gasteiger partial charge in [0.25, 0.3) is 0 Å². The molecule has 1 N–H and O–H groups in total. The molecular formula is C24H26N6OS. The molecule has 3 heterocycles. The fourth-order valence-corrected chi connectivity index (χ4v) is 5.98. The highest BCUT2D eigenvalue weighted by Gasteiger charge is 2.27. The van der Waals surface area contributed by atoms with Crippen LogP contribution in [0.2, 0.25) is 0 Å². The molecule has 0 radical (unpaired) electrons. The number of nitriles is 1. The molecule has 0 saturated heterocycles. The second-order valence-corrected chi connectivity index (χ2v) is 10.9. The van der Waals surface area contributed by atoms with Gasteiger partial charge in [0, 0.05) is 35.2 Å². The average Bonchev–Trinajstić information content (AvgIpc) is 3.43. The molecule has 1 fully saturated rings. The predicted molar refractivity (Wildman–Crippen MR) is 126 cm³/mol. The van der Waals surface area contributed by atoms with Crippen LogP contribution >= 0.6 is 0 Å². The highest BCUT2D eigenvalue weighted by Crippen LogP contribution is 2.38. The summed E-state index contributed by atoms with van der Waals surface area (Å²) < 4.78 is 20.2. The van der Waals surface area contributed by atoms with Gasteiger partial charge in [-0.3, -0.25) is 0 Å². The second-order valence-electron chi connectivity index (χ2n) is 8.57. The van der Waals surface area contributed by atoms with Gasteiger partial charge in [-0.1, -0.05) is 18.2 Å². The summed E-state index contributed by atoms with van der Waals surface area (Å²) in [7, 11) is -2.53. The number of nitrogens with one attached hydrogen (secondary N) is 1. The minimum Gasteiger partial charge on any atom is -0.346 e. The van der Waals surface area contributed by atoms with E-state index >= 15 is 0 Å². The number of benzene rings is 1. The lowest BCUT2D eigenvalue weighted by atomic mass is 9.84. The quantitative estimate of drug-likeness (QED) is 0.454. The summed E-state index contributed by atoms with van der Waals surface area (Å²) in [6.07, 6.45) is 10.1. The van der Waals surface area contributed by atoms with Gasteiger partial charge in [0.15, 0.2) is 0 Å². The summed E-state index contributed by atoms with van der Waals surface area (Å²) in [4.78, 5) is 13.3. The molecule has 1 atom stereocenters. The van der Waals surface area contributed by atoms with Gasteiger partial charge in [0.2, 0.25) is 0 Å². The Morgan fingerprint density at radius 3 is 2.75 bits per heavy atom. The summed E-state index contributed by atoms with van der Waals surface area (Å²) in [5.74, 6) is 1.30. The topological polar surface area (TPSA) is 99.7 Å². The SMILES string of the molecule is CS(=O)(=NCc1nc2cnc3[nH]ccc3c2n1[C@H]1CC[C@H](CC#N)CC1)c1ccccc1. The fraction of sp³-hybridized carbons (Fsp3) is 0.375. The van der Waals surface area contributed by atoms with Crippen molar-refractivity contribution in [3.63, 3.8) is 0 Å². The van der Waals surface area contributed by atoms with Crippen LogP contribution in [0.5, 0.6) is 0 Å². The minimum absolute atomic E-state index is 0.281. The lowest BCUT2D eigenvalue weighted by Gasteiger charge is -2.29. The second kappa shape index (κ2) is 8.40. The summed E-state index contributed by atoms with van der Waals surface area (Å²) in [5, 5.41) is 10.1. The number of imidazole rings is 1. The highest BCUT2D eigenvalue weighted by molar-refractivity contribution is 7.93. The van der Waals surface area contributed by atoms with Crippen LogP contribution < -0.4 is 0 Å². The number of nitrogens with zero attached hydrogens (tertiary/aromatic N) is 5. The molecule has 1 saturated carbocycles. The molecule has 1 aliphatic carbocycles. The van der Waals surface area contributed by atoms with Gasteiger partial charge in [0.05, 0.1) is 27.5 Å². The smallest absolute Gasteiger partial charge is 0.139 e. The number of H-pyrrole nitrogens is 1. The molecule has 32 heavy (non-hydrogen) atoms. The average molecular weight is 447 g/mol. The van der Waals surface area contributed by atoms with E-state index in [1.807, 2.05) is 42.6 Å². The zero-order valence-electron chi connectivity index (χ0n) is 18.1. The summed E-state index contributed by atoms with van der Waals surface area (Å²) in [6, 6.07) is 14.0. The van der Waals surface area contributed by atoms with Crippen LogP contribution in [0, 0.1) is 17.2 Å². The molecule has 1 aromatic carbocycles. The van der Waals surface area contributed by atoms with Gasteiger partial charge < -0.3 is 9.55 Å².